The van der Waals surface area contributed by atoms with Gasteiger partial charge < -0.3 is 14.9 Å². The van der Waals surface area contributed by atoms with Crippen LogP contribution in [0.2, 0.25) is 0 Å². The zero-order valence-corrected chi connectivity index (χ0v) is 29.6. The quantitative estimate of drug-likeness (QED) is 0.0800. The van der Waals surface area contributed by atoms with Gasteiger partial charge in [0.05, 0.1) is 11.9 Å². The van der Waals surface area contributed by atoms with Gasteiger partial charge in [0.2, 0.25) is 0 Å². The Balaban J connectivity index is 2.51. The van der Waals surface area contributed by atoms with Crippen molar-refractivity contribution in [1.82, 2.24) is 0 Å². The summed E-state index contributed by atoms with van der Waals surface area (Å²) in [7, 11) is -2.04. The third-order valence-corrected chi connectivity index (χ3v) is 13.5. The maximum Gasteiger partial charge on any atom is 0.317 e. The summed E-state index contributed by atoms with van der Waals surface area (Å²) in [6.07, 6.45) is 10.9. The van der Waals surface area contributed by atoms with Crippen LogP contribution in [-0.4, -0.2) is 57.1 Å². The fourth-order valence-corrected chi connectivity index (χ4v) is 8.66. The SMILES string of the molecule is CCCCCCOC(=O)C(C)S(C)(c1ccc(C(=O)C(O)(CC)CCCC)cc1)c1ccc(C(=O)C(O)(CC)CCCC)cc1. The minimum Gasteiger partial charge on any atom is -0.465 e. The predicted molar refractivity (Wildman–Crippen MR) is 186 cm³/mol. The molecule has 0 heterocycles. The first-order chi connectivity index (χ1) is 21.4. The molecule has 0 saturated carbocycles. The van der Waals surface area contributed by atoms with Crippen LogP contribution in [0.25, 0.3) is 0 Å². The first kappa shape index (κ1) is 38.7. The summed E-state index contributed by atoms with van der Waals surface area (Å²) in [5, 5.41) is 21.7. The highest BCUT2D eigenvalue weighted by atomic mass is 32.3. The molecule has 0 aliphatic heterocycles. The Labute approximate surface area is 273 Å². The van der Waals surface area contributed by atoms with Crippen molar-refractivity contribution >= 4 is 27.6 Å². The molecular formula is C38H58O6S. The van der Waals surface area contributed by atoms with Crippen LogP contribution >= 0.6 is 10.0 Å². The van der Waals surface area contributed by atoms with Crippen molar-refractivity contribution in [3.05, 3.63) is 59.7 Å². The van der Waals surface area contributed by atoms with E-state index < -0.39 is 26.5 Å². The van der Waals surface area contributed by atoms with Crippen molar-refractivity contribution < 1.29 is 29.3 Å². The van der Waals surface area contributed by atoms with Gasteiger partial charge in [0.1, 0.15) is 11.2 Å². The fourth-order valence-electron chi connectivity index (χ4n) is 5.71. The highest BCUT2D eigenvalue weighted by molar-refractivity contribution is 8.34. The maximum absolute atomic E-state index is 13.5. The molecule has 45 heavy (non-hydrogen) atoms. The number of esters is 1. The number of benzene rings is 2. The largest absolute Gasteiger partial charge is 0.465 e. The standard InChI is InChI=1S/C38H58O6S/c1-8-13-16-17-28-44-36(41)29(6)45(7,32-22-18-30(19-23-32)34(39)37(42,11-4)26-14-9-2)33-24-20-31(21-25-33)35(40)38(43,12-5)27-15-10-3/h18-25,29,42-43H,8-17,26-28H2,1-7H3. The summed E-state index contributed by atoms with van der Waals surface area (Å²) in [4.78, 5) is 42.0. The number of ketones is 2. The summed E-state index contributed by atoms with van der Waals surface area (Å²) in [5.41, 5.74) is -1.91. The number of unbranched alkanes of at least 4 members (excludes halogenated alkanes) is 5. The molecule has 2 rings (SSSR count). The topological polar surface area (TPSA) is 101 Å². The lowest BCUT2D eigenvalue weighted by atomic mass is 9.86. The van der Waals surface area contributed by atoms with Gasteiger partial charge in [0.15, 0.2) is 11.6 Å². The Morgan fingerprint density at radius 1 is 0.667 bits per heavy atom. The normalized spacial score (nSPS) is 16.9. The average Bonchev–Trinajstić information content (AvgIpc) is 3.08. The Morgan fingerprint density at radius 3 is 1.42 bits per heavy atom. The second kappa shape index (κ2) is 18.0. The first-order valence-electron chi connectivity index (χ1n) is 17.1. The second-order valence-electron chi connectivity index (χ2n) is 12.5. The maximum atomic E-state index is 13.5. The molecule has 2 aromatic carbocycles. The van der Waals surface area contributed by atoms with E-state index in [0.717, 1.165) is 61.2 Å². The van der Waals surface area contributed by atoms with Crippen molar-refractivity contribution in [2.75, 3.05) is 12.9 Å². The van der Waals surface area contributed by atoms with Crippen LogP contribution in [0.15, 0.2) is 58.3 Å². The Bertz CT molecular complexity index is 1150. The van der Waals surface area contributed by atoms with E-state index in [0.29, 0.717) is 43.4 Å². The monoisotopic (exact) mass is 642 g/mol. The molecule has 0 aliphatic rings. The number of aliphatic hydroxyl groups is 2. The molecular weight excluding hydrogens is 584 g/mol. The van der Waals surface area contributed by atoms with E-state index in [-0.39, 0.29) is 17.5 Å². The third-order valence-electron chi connectivity index (χ3n) is 9.40. The van der Waals surface area contributed by atoms with E-state index in [2.05, 4.69) is 13.2 Å². The minimum atomic E-state index is -2.04. The van der Waals surface area contributed by atoms with Crippen LogP contribution in [0.4, 0.5) is 0 Å². The van der Waals surface area contributed by atoms with E-state index >= 15 is 0 Å². The molecule has 3 unspecified atom stereocenters. The van der Waals surface area contributed by atoms with E-state index in [1.807, 2.05) is 58.9 Å². The van der Waals surface area contributed by atoms with E-state index in [4.69, 9.17) is 4.74 Å². The summed E-state index contributed by atoms with van der Waals surface area (Å²) in [6, 6.07) is 14.6. The predicted octanol–water partition coefficient (Wildman–Crippen LogP) is 9.08. The highest BCUT2D eigenvalue weighted by Crippen LogP contribution is 2.63. The van der Waals surface area contributed by atoms with Gasteiger partial charge in [-0.05, 0) is 79.3 Å². The van der Waals surface area contributed by atoms with Crippen molar-refractivity contribution in [3.63, 3.8) is 0 Å². The van der Waals surface area contributed by atoms with Crippen LogP contribution in [0.3, 0.4) is 0 Å². The number of carbonyl (C=O) groups is 3. The van der Waals surface area contributed by atoms with Gasteiger partial charge in [-0.15, -0.1) is 0 Å². The molecule has 2 aromatic rings. The van der Waals surface area contributed by atoms with Crippen LogP contribution in [0.1, 0.15) is 139 Å². The lowest BCUT2D eigenvalue weighted by molar-refractivity contribution is -0.142. The highest BCUT2D eigenvalue weighted by Gasteiger charge is 2.38. The van der Waals surface area contributed by atoms with E-state index in [1.54, 1.807) is 24.3 Å². The van der Waals surface area contributed by atoms with Gasteiger partial charge in [-0.1, -0.05) is 104 Å². The zero-order valence-electron chi connectivity index (χ0n) is 28.8. The average molecular weight is 643 g/mol. The Kier molecular flexibility index (Phi) is 15.5. The molecule has 0 amide bonds. The summed E-state index contributed by atoms with van der Waals surface area (Å²) in [5.74, 6) is -0.838. The molecule has 252 valence electrons. The van der Waals surface area contributed by atoms with E-state index in [1.165, 1.54) is 0 Å². The number of carbonyl (C=O) groups excluding carboxylic acids is 3. The zero-order chi connectivity index (χ0) is 33.7. The Morgan fingerprint density at radius 2 is 1.07 bits per heavy atom. The number of rotatable bonds is 21. The van der Waals surface area contributed by atoms with Gasteiger partial charge in [-0.25, -0.2) is 0 Å². The number of hydrogen-bond donors (Lipinski definition) is 2. The molecule has 0 fully saturated rings. The van der Waals surface area contributed by atoms with Crippen LogP contribution in [0, 0.1) is 0 Å². The van der Waals surface area contributed by atoms with Crippen molar-refractivity contribution in [3.8, 4) is 0 Å². The van der Waals surface area contributed by atoms with Gasteiger partial charge in [0.25, 0.3) is 0 Å². The fraction of sp³-hybridized carbons (Fsp3) is 0.605. The molecule has 0 saturated heterocycles. The smallest absolute Gasteiger partial charge is 0.317 e. The van der Waals surface area contributed by atoms with E-state index in [9.17, 15) is 24.6 Å². The molecule has 0 radical (unpaired) electrons. The van der Waals surface area contributed by atoms with Crippen LogP contribution < -0.4 is 0 Å². The van der Waals surface area contributed by atoms with Gasteiger partial charge in [-0.2, -0.15) is 10.0 Å². The number of hydrogen-bond acceptors (Lipinski definition) is 6. The minimum absolute atomic E-state index is 0.274. The number of Topliss-reactive ketones (excluding diaryl/α,β-unsaturated/α-hetero) is 2. The molecule has 0 aromatic heterocycles. The lowest BCUT2D eigenvalue weighted by Gasteiger charge is -2.41. The first-order valence-corrected chi connectivity index (χ1v) is 19.2. The van der Waals surface area contributed by atoms with Gasteiger partial charge in [0, 0.05) is 11.1 Å². The molecule has 2 N–H and O–H groups in total. The summed E-state index contributed by atoms with van der Waals surface area (Å²) >= 11 is 0. The Hall–Kier alpha value is -2.48. The second-order valence-corrected chi connectivity index (χ2v) is 16.1. The lowest BCUT2D eigenvalue weighted by Crippen LogP contribution is -2.38. The molecule has 0 bridgehead atoms. The van der Waals surface area contributed by atoms with Crippen molar-refractivity contribution in [1.29, 1.82) is 0 Å². The van der Waals surface area contributed by atoms with Crippen molar-refractivity contribution in [2.24, 2.45) is 0 Å². The molecule has 0 aliphatic carbocycles. The molecule has 3 atom stereocenters. The van der Waals surface area contributed by atoms with Crippen molar-refractivity contribution in [2.45, 2.75) is 145 Å². The summed E-state index contributed by atoms with van der Waals surface area (Å²) < 4.78 is 5.76. The number of ether oxygens (including phenoxy) is 1. The summed E-state index contributed by atoms with van der Waals surface area (Å²) in [6.45, 7) is 12.1. The molecule has 6 nitrogen and oxygen atoms in total. The van der Waals surface area contributed by atoms with Gasteiger partial charge >= 0.3 is 5.97 Å². The van der Waals surface area contributed by atoms with Gasteiger partial charge in [-0.3, -0.25) is 14.4 Å². The third kappa shape index (κ3) is 9.52. The molecule has 7 heteroatoms. The van der Waals surface area contributed by atoms with Crippen LogP contribution in [-0.2, 0) is 9.53 Å². The molecule has 0 spiro atoms. The van der Waals surface area contributed by atoms with Crippen LogP contribution in [0.5, 0.6) is 0 Å².